The minimum atomic E-state index is -4.71. The molecule has 12 nitrogen and oxygen atoms in total. The number of nitrogens with one attached hydrogen (secondary N) is 2. The van der Waals surface area contributed by atoms with Crippen molar-refractivity contribution in [3.63, 3.8) is 0 Å². The fourth-order valence-corrected chi connectivity index (χ4v) is 8.66. The van der Waals surface area contributed by atoms with E-state index in [0.717, 1.165) is 62.4 Å². The number of pyridine rings is 1. The number of alkyl halides is 3. The van der Waals surface area contributed by atoms with Crippen molar-refractivity contribution in [1.29, 1.82) is 0 Å². The van der Waals surface area contributed by atoms with Gasteiger partial charge in [0.2, 0.25) is 0 Å². The Hall–Kier alpha value is -4.34. The summed E-state index contributed by atoms with van der Waals surface area (Å²) in [7, 11) is 3.48. The molecule has 3 aliphatic heterocycles. The molecule has 1 atom stereocenters. The number of H-pyrrole nitrogens is 1. The van der Waals surface area contributed by atoms with E-state index < -0.39 is 29.8 Å². The first-order chi connectivity index (χ1) is 25.9. The second-order valence-electron chi connectivity index (χ2n) is 14.6. The number of benzene rings is 2. The first-order valence-electron chi connectivity index (χ1n) is 18.6. The average Bonchev–Trinajstić information content (AvgIpc) is 3.35. The SMILES string of the molecule is CNc1c(Cl)cc(C[C@@H](OC(=O)N2CCC(n3c(=O)[nH]c4c5ccccc5ncc43)CC2)C(=O)N2CCC(N3CCCN(C)CC3)CC2)cc1C(F)(F)F. The molecule has 0 radical (unpaired) electrons. The number of aromatic amines is 1. The molecule has 3 fully saturated rings. The van der Waals surface area contributed by atoms with E-state index in [1.807, 2.05) is 24.3 Å². The quantitative estimate of drug-likeness (QED) is 0.249. The Balaban J connectivity index is 1.07. The number of halogens is 4. The second-order valence-corrected chi connectivity index (χ2v) is 15.0. The van der Waals surface area contributed by atoms with Crippen LogP contribution in [0, 0.1) is 0 Å². The summed E-state index contributed by atoms with van der Waals surface area (Å²) in [6, 6.07) is 10.0. The van der Waals surface area contributed by atoms with Crippen LogP contribution in [0.5, 0.6) is 0 Å². The van der Waals surface area contributed by atoms with Crippen LogP contribution in [0.25, 0.3) is 21.9 Å². The average molecular weight is 771 g/mol. The Labute approximate surface area is 316 Å². The van der Waals surface area contributed by atoms with Crippen LogP contribution in [0.2, 0.25) is 5.02 Å². The summed E-state index contributed by atoms with van der Waals surface area (Å²) in [6.07, 6.45) is -1.93. The zero-order valence-electron chi connectivity index (χ0n) is 30.5. The topological polar surface area (TPSA) is 119 Å². The number of likely N-dealkylation sites (tertiary alicyclic amines) is 2. The molecule has 2 N–H and O–H groups in total. The molecule has 0 saturated carbocycles. The Morgan fingerprint density at radius 3 is 2.41 bits per heavy atom. The summed E-state index contributed by atoms with van der Waals surface area (Å²) >= 11 is 6.31. The van der Waals surface area contributed by atoms with Crippen LogP contribution in [-0.4, -0.2) is 125 Å². The van der Waals surface area contributed by atoms with E-state index in [4.69, 9.17) is 16.3 Å². The van der Waals surface area contributed by atoms with E-state index in [1.54, 1.807) is 15.7 Å². The van der Waals surface area contributed by atoms with Crippen molar-refractivity contribution in [2.24, 2.45) is 0 Å². The predicted molar refractivity (Wildman–Crippen MR) is 201 cm³/mol. The van der Waals surface area contributed by atoms with Gasteiger partial charge in [0.05, 0.1) is 39.0 Å². The van der Waals surface area contributed by atoms with E-state index in [1.165, 1.54) is 18.0 Å². The van der Waals surface area contributed by atoms with Gasteiger partial charge in [-0.3, -0.25) is 19.2 Å². The van der Waals surface area contributed by atoms with Gasteiger partial charge in [-0.25, -0.2) is 9.59 Å². The molecule has 0 aliphatic carbocycles. The molecular formula is C38H46ClF3N8O4. The van der Waals surface area contributed by atoms with Gasteiger partial charge in [-0.1, -0.05) is 29.8 Å². The molecule has 0 unspecified atom stereocenters. The van der Waals surface area contributed by atoms with Gasteiger partial charge >= 0.3 is 18.0 Å². The Bertz CT molecular complexity index is 2060. The van der Waals surface area contributed by atoms with Crippen LogP contribution >= 0.6 is 11.6 Å². The number of piperidine rings is 2. The van der Waals surface area contributed by atoms with Gasteiger partial charge in [0, 0.05) is 70.2 Å². The number of nitrogens with zero attached hydrogens (tertiary/aromatic N) is 6. The molecule has 54 heavy (non-hydrogen) atoms. The molecule has 4 aromatic rings. The third-order valence-corrected chi connectivity index (χ3v) is 11.5. The molecule has 2 amide bonds. The number of imidazole rings is 1. The zero-order valence-corrected chi connectivity index (χ0v) is 31.3. The lowest BCUT2D eigenvalue weighted by molar-refractivity contribution is -0.142. The molecule has 0 bridgehead atoms. The third-order valence-electron chi connectivity index (χ3n) is 11.2. The van der Waals surface area contributed by atoms with E-state index in [-0.39, 0.29) is 47.5 Å². The largest absolute Gasteiger partial charge is 0.436 e. The fourth-order valence-electron chi connectivity index (χ4n) is 8.33. The van der Waals surface area contributed by atoms with Crippen LogP contribution in [0.1, 0.15) is 49.3 Å². The summed E-state index contributed by atoms with van der Waals surface area (Å²) in [5.74, 6) is -0.445. The second kappa shape index (κ2) is 15.8. The molecule has 3 saturated heterocycles. The normalized spacial score (nSPS) is 19.3. The molecule has 290 valence electrons. The summed E-state index contributed by atoms with van der Waals surface area (Å²) < 4.78 is 49.9. The Morgan fingerprint density at radius 2 is 1.69 bits per heavy atom. The fraction of sp³-hybridized carbons (Fsp3) is 0.526. The highest BCUT2D eigenvalue weighted by Crippen LogP contribution is 2.40. The van der Waals surface area contributed by atoms with Crippen molar-refractivity contribution < 1.29 is 27.5 Å². The minimum absolute atomic E-state index is 0.125. The lowest BCUT2D eigenvalue weighted by Crippen LogP contribution is -2.51. The number of rotatable bonds is 7. The van der Waals surface area contributed by atoms with Crippen LogP contribution in [0.3, 0.4) is 0 Å². The molecular weight excluding hydrogens is 725 g/mol. The van der Waals surface area contributed by atoms with E-state index in [2.05, 4.69) is 32.1 Å². The number of hydrogen-bond donors (Lipinski definition) is 2. The summed E-state index contributed by atoms with van der Waals surface area (Å²) in [5, 5.41) is 3.21. The number of amides is 2. The maximum absolute atomic E-state index is 14.1. The molecule has 2 aromatic carbocycles. The molecule has 2 aromatic heterocycles. The highest BCUT2D eigenvalue weighted by molar-refractivity contribution is 6.33. The van der Waals surface area contributed by atoms with Crippen LogP contribution < -0.4 is 11.0 Å². The van der Waals surface area contributed by atoms with Crippen LogP contribution in [0.15, 0.2) is 47.4 Å². The highest BCUT2D eigenvalue weighted by Gasteiger charge is 2.38. The number of aromatic nitrogens is 3. The lowest BCUT2D eigenvalue weighted by atomic mass is 9.99. The number of fused-ring (bicyclic) bond motifs is 3. The first kappa shape index (κ1) is 38.0. The summed E-state index contributed by atoms with van der Waals surface area (Å²) in [6.45, 7) is 5.38. The molecule has 3 aliphatic rings. The van der Waals surface area contributed by atoms with Crippen molar-refractivity contribution in [2.75, 3.05) is 71.8 Å². The molecule has 16 heteroatoms. The first-order valence-corrected chi connectivity index (χ1v) is 19.0. The lowest BCUT2D eigenvalue weighted by Gasteiger charge is -2.39. The van der Waals surface area contributed by atoms with Gasteiger partial charge in [-0.2, -0.15) is 13.2 Å². The van der Waals surface area contributed by atoms with Crippen molar-refractivity contribution >= 4 is 51.2 Å². The van der Waals surface area contributed by atoms with Gasteiger partial charge in [-0.05, 0) is 76.0 Å². The number of ether oxygens (including phenoxy) is 1. The van der Waals surface area contributed by atoms with Gasteiger partial charge in [0.1, 0.15) is 0 Å². The predicted octanol–water partition coefficient (Wildman–Crippen LogP) is 5.61. The summed E-state index contributed by atoms with van der Waals surface area (Å²) in [5.41, 5.74) is 0.779. The Morgan fingerprint density at radius 1 is 0.981 bits per heavy atom. The van der Waals surface area contributed by atoms with Crippen molar-refractivity contribution in [3.8, 4) is 0 Å². The maximum atomic E-state index is 14.1. The molecule has 7 rings (SSSR count). The maximum Gasteiger partial charge on any atom is 0.418 e. The standard InChI is InChI=1S/C38H46ClF3N8O4/c1-43-34-28(38(40,41)42)20-24(21-29(34)39)22-32(35(51)48-14-8-25(9-15-48)47-13-5-12-46(2)18-19-47)54-37(53)49-16-10-26(11-17-49)50-31-23-44-30-7-4-3-6-27(30)33(31)45-36(50)52/h3-4,6-7,20-21,23,25-26,32,43H,5,8-19,22H2,1-2H3,(H,45,52)/t32-/m1/s1. The zero-order chi connectivity index (χ0) is 38.1. The van der Waals surface area contributed by atoms with Crippen molar-refractivity contribution in [3.05, 3.63) is 69.2 Å². The molecule has 0 spiro atoms. The number of hydrogen-bond acceptors (Lipinski definition) is 8. The molecule has 5 heterocycles. The number of para-hydroxylation sites is 1. The number of anilines is 1. The van der Waals surface area contributed by atoms with E-state index in [9.17, 15) is 27.6 Å². The van der Waals surface area contributed by atoms with E-state index in [0.29, 0.717) is 43.0 Å². The Kier molecular flexibility index (Phi) is 11.1. The van der Waals surface area contributed by atoms with Crippen molar-refractivity contribution in [1.82, 2.24) is 34.1 Å². The number of likely N-dealkylation sites (N-methyl/N-ethyl adjacent to an activating group) is 1. The van der Waals surface area contributed by atoms with Crippen molar-refractivity contribution in [2.45, 2.75) is 62.9 Å². The van der Waals surface area contributed by atoms with Gasteiger partial charge in [0.15, 0.2) is 6.10 Å². The monoisotopic (exact) mass is 770 g/mol. The van der Waals surface area contributed by atoms with E-state index >= 15 is 0 Å². The van der Waals surface area contributed by atoms with Gasteiger partial charge in [-0.15, -0.1) is 0 Å². The number of carbonyl (C=O) groups excluding carboxylic acids is 2. The smallest absolute Gasteiger partial charge is 0.418 e. The number of carbonyl (C=O) groups is 2. The highest BCUT2D eigenvalue weighted by atomic mass is 35.5. The third kappa shape index (κ3) is 7.89. The van der Waals surface area contributed by atoms with Gasteiger partial charge in [0.25, 0.3) is 5.91 Å². The van der Waals surface area contributed by atoms with Crippen LogP contribution in [-0.2, 0) is 22.1 Å². The van der Waals surface area contributed by atoms with Gasteiger partial charge < -0.3 is 29.7 Å². The summed E-state index contributed by atoms with van der Waals surface area (Å²) in [4.78, 5) is 56.5. The minimum Gasteiger partial charge on any atom is -0.436 e. The van der Waals surface area contributed by atoms with Crippen LogP contribution in [0.4, 0.5) is 23.7 Å².